The van der Waals surface area contributed by atoms with Crippen LogP contribution < -0.4 is 0 Å². The monoisotopic (exact) mass is 104 g/mol. The van der Waals surface area contributed by atoms with Crippen molar-refractivity contribution in [2.24, 2.45) is 0 Å². The summed E-state index contributed by atoms with van der Waals surface area (Å²) in [4.78, 5) is 0. The molecule has 2 heteroatoms. The van der Waals surface area contributed by atoms with E-state index in [1.54, 1.807) is 0 Å². The largest absolute Gasteiger partial charge is 0.379 e. The van der Waals surface area contributed by atoms with Gasteiger partial charge in [-0.15, -0.1) is 18.0 Å². The SMILES string of the molecule is C#C[C@@H](O)CCl. The molecule has 0 amide bonds. The van der Waals surface area contributed by atoms with E-state index in [9.17, 15) is 0 Å². The summed E-state index contributed by atoms with van der Waals surface area (Å²) in [5.74, 6) is 2.16. The first-order valence-electron chi connectivity index (χ1n) is 1.51. The van der Waals surface area contributed by atoms with Crippen LogP contribution in [0.1, 0.15) is 0 Å². The molecular weight excluding hydrogens is 99.5 g/mol. The van der Waals surface area contributed by atoms with Crippen molar-refractivity contribution < 1.29 is 5.11 Å². The fourth-order valence-electron chi connectivity index (χ4n) is 0.0445. The molecule has 0 saturated carbocycles. The lowest BCUT2D eigenvalue weighted by molar-refractivity contribution is 0.257. The fraction of sp³-hybridized carbons (Fsp3) is 0.500. The molecule has 0 unspecified atom stereocenters. The quantitative estimate of drug-likeness (QED) is 0.373. The minimum absolute atomic E-state index is 0.122. The molecule has 0 aliphatic rings. The van der Waals surface area contributed by atoms with E-state index in [0.717, 1.165) is 0 Å². The highest BCUT2D eigenvalue weighted by Crippen LogP contribution is 1.80. The number of hydrogen-bond donors (Lipinski definition) is 1. The van der Waals surface area contributed by atoms with Gasteiger partial charge in [-0.3, -0.25) is 0 Å². The van der Waals surface area contributed by atoms with E-state index < -0.39 is 6.10 Å². The van der Waals surface area contributed by atoms with Gasteiger partial charge in [0, 0.05) is 0 Å². The van der Waals surface area contributed by atoms with Crippen LogP contribution in [0.2, 0.25) is 0 Å². The van der Waals surface area contributed by atoms with Crippen molar-refractivity contribution in [2.75, 3.05) is 5.88 Å². The molecule has 34 valence electrons. The highest BCUT2D eigenvalue weighted by Gasteiger charge is 1.88. The van der Waals surface area contributed by atoms with Crippen molar-refractivity contribution >= 4 is 11.6 Å². The maximum Gasteiger partial charge on any atom is 0.127 e. The molecule has 0 aromatic rings. The van der Waals surface area contributed by atoms with Crippen LogP contribution in [0, 0.1) is 12.3 Å². The Morgan fingerprint density at radius 3 is 2.50 bits per heavy atom. The maximum absolute atomic E-state index is 8.30. The van der Waals surface area contributed by atoms with Crippen LogP contribution in [0.5, 0.6) is 0 Å². The molecule has 0 aromatic heterocycles. The minimum Gasteiger partial charge on any atom is -0.379 e. The van der Waals surface area contributed by atoms with Gasteiger partial charge in [0.25, 0.3) is 0 Å². The van der Waals surface area contributed by atoms with Gasteiger partial charge in [0.15, 0.2) is 0 Å². The van der Waals surface area contributed by atoms with E-state index in [4.69, 9.17) is 23.1 Å². The Morgan fingerprint density at radius 2 is 2.50 bits per heavy atom. The van der Waals surface area contributed by atoms with Crippen molar-refractivity contribution in [3.8, 4) is 12.3 Å². The molecule has 1 atom stereocenters. The second kappa shape index (κ2) is 3.02. The highest BCUT2D eigenvalue weighted by molar-refractivity contribution is 6.18. The molecule has 0 fully saturated rings. The molecule has 0 spiro atoms. The average Bonchev–Trinajstić information content (AvgIpc) is 1.65. The molecule has 0 radical (unpaired) electrons. The molecule has 0 saturated heterocycles. The van der Waals surface area contributed by atoms with Gasteiger partial charge >= 0.3 is 0 Å². The third kappa shape index (κ3) is 2.07. The third-order valence-corrected chi connectivity index (χ3v) is 0.631. The third-order valence-electron chi connectivity index (χ3n) is 0.339. The first-order chi connectivity index (χ1) is 2.81. The predicted octanol–water partition coefficient (Wildman–Crippen LogP) is 0.219. The van der Waals surface area contributed by atoms with E-state index in [1.165, 1.54) is 0 Å². The zero-order chi connectivity index (χ0) is 4.99. The predicted molar refractivity (Wildman–Crippen MR) is 25.6 cm³/mol. The van der Waals surface area contributed by atoms with Gasteiger partial charge < -0.3 is 5.11 Å². The van der Waals surface area contributed by atoms with Gasteiger partial charge in [0.05, 0.1) is 5.88 Å². The molecule has 0 aliphatic carbocycles. The Hall–Kier alpha value is -0.190. The molecule has 1 nitrogen and oxygen atoms in total. The van der Waals surface area contributed by atoms with Crippen LogP contribution in [0.15, 0.2) is 0 Å². The van der Waals surface area contributed by atoms with Crippen molar-refractivity contribution in [1.82, 2.24) is 0 Å². The number of alkyl halides is 1. The normalized spacial score (nSPS) is 12.8. The zero-order valence-electron chi connectivity index (χ0n) is 3.19. The summed E-state index contributed by atoms with van der Waals surface area (Å²) in [6.45, 7) is 0. The van der Waals surface area contributed by atoms with Gasteiger partial charge in [-0.1, -0.05) is 5.92 Å². The van der Waals surface area contributed by atoms with Gasteiger partial charge in [0.1, 0.15) is 6.10 Å². The van der Waals surface area contributed by atoms with Crippen LogP contribution in [0.25, 0.3) is 0 Å². The Balaban J connectivity index is 3.04. The Morgan fingerprint density at radius 1 is 2.00 bits per heavy atom. The number of aliphatic hydroxyl groups excluding tert-OH is 1. The molecule has 0 heterocycles. The van der Waals surface area contributed by atoms with E-state index in [2.05, 4.69) is 0 Å². The van der Waals surface area contributed by atoms with E-state index >= 15 is 0 Å². The van der Waals surface area contributed by atoms with Gasteiger partial charge in [0.2, 0.25) is 0 Å². The van der Waals surface area contributed by atoms with Crippen molar-refractivity contribution in [3.63, 3.8) is 0 Å². The lowest BCUT2D eigenvalue weighted by atomic mass is 10.4. The summed E-state index contributed by atoms with van der Waals surface area (Å²) in [6.07, 6.45) is 3.93. The standard InChI is InChI=1S/C4H5ClO/c1-2-4(6)3-5/h1,4,6H,3H2/t4-/m1/s1. The minimum atomic E-state index is -0.772. The number of rotatable bonds is 1. The second-order valence-corrected chi connectivity index (χ2v) is 1.15. The fourth-order valence-corrected chi connectivity index (χ4v) is 0.134. The van der Waals surface area contributed by atoms with Gasteiger partial charge in [-0.2, -0.15) is 0 Å². The molecule has 0 aromatic carbocycles. The first kappa shape index (κ1) is 5.81. The highest BCUT2D eigenvalue weighted by atomic mass is 35.5. The number of halogens is 1. The summed E-state index contributed by atoms with van der Waals surface area (Å²) in [6, 6.07) is 0. The Labute approximate surface area is 41.9 Å². The topological polar surface area (TPSA) is 20.2 Å². The number of hydrogen-bond acceptors (Lipinski definition) is 1. The van der Waals surface area contributed by atoms with Crippen molar-refractivity contribution in [2.45, 2.75) is 6.10 Å². The molecule has 0 bridgehead atoms. The summed E-state index contributed by atoms with van der Waals surface area (Å²) in [5.41, 5.74) is 0. The molecule has 0 aliphatic heterocycles. The van der Waals surface area contributed by atoms with Crippen LogP contribution in [0.3, 0.4) is 0 Å². The summed E-state index contributed by atoms with van der Waals surface area (Å²) < 4.78 is 0. The van der Waals surface area contributed by atoms with Crippen LogP contribution in [0.4, 0.5) is 0 Å². The van der Waals surface area contributed by atoms with Gasteiger partial charge in [-0.05, 0) is 0 Å². The maximum atomic E-state index is 8.30. The zero-order valence-corrected chi connectivity index (χ0v) is 3.94. The molecule has 0 rings (SSSR count). The lowest BCUT2D eigenvalue weighted by Gasteiger charge is -1.88. The summed E-state index contributed by atoms with van der Waals surface area (Å²) in [7, 11) is 0. The number of terminal acetylenes is 1. The molecule has 1 N–H and O–H groups in total. The lowest BCUT2D eigenvalue weighted by Crippen LogP contribution is -2.02. The average molecular weight is 105 g/mol. The molecular formula is C4H5ClO. The Kier molecular flexibility index (Phi) is 2.92. The van der Waals surface area contributed by atoms with E-state index in [0.29, 0.717) is 0 Å². The van der Waals surface area contributed by atoms with E-state index in [1.807, 2.05) is 5.92 Å². The van der Waals surface area contributed by atoms with Gasteiger partial charge in [-0.25, -0.2) is 0 Å². The second-order valence-electron chi connectivity index (χ2n) is 0.837. The van der Waals surface area contributed by atoms with E-state index in [-0.39, 0.29) is 5.88 Å². The molecule has 6 heavy (non-hydrogen) atoms. The van der Waals surface area contributed by atoms with Crippen LogP contribution >= 0.6 is 11.6 Å². The summed E-state index contributed by atoms with van der Waals surface area (Å²) in [5, 5.41) is 8.30. The van der Waals surface area contributed by atoms with Crippen LogP contribution in [-0.2, 0) is 0 Å². The Bertz CT molecular complexity index is 64.4. The first-order valence-corrected chi connectivity index (χ1v) is 2.05. The van der Waals surface area contributed by atoms with Crippen molar-refractivity contribution in [1.29, 1.82) is 0 Å². The smallest absolute Gasteiger partial charge is 0.127 e. The van der Waals surface area contributed by atoms with Crippen molar-refractivity contribution in [3.05, 3.63) is 0 Å². The number of aliphatic hydroxyl groups is 1. The summed E-state index contributed by atoms with van der Waals surface area (Å²) >= 11 is 5.06. The van der Waals surface area contributed by atoms with Crippen LogP contribution in [-0.4, -0.2) is 17.1 Å².